The number of rotatable bonds is 5. The zero-order chi connectivity index (χ0) is 11.3. The van der Waals surface area contributed by atoms with Crippen molar-refractivity contribution < 1.29 is 9.47 Å². The SMILES string of the molecule is COC(CN)COc1cccc(C)c1C. The summed E-state index contributed by atoms with van der Waals surface area (Å²) in [5.74, 6) is 0.908. The first kappa shape index (κ1) is 12.0. The molecule has 0 aliphatic rings. The van der Waals surface area contributed by atoms with Crippen LogP contribution in [0.3, 0.4) is 0 Å². The van der Waals surface area contributed by atoms with Crippen molar-refractivity contribution in [2.45, 2.75) is 20.0 Å². The van der Waals surface area contributed by atoms with Gasteiger partial charge < -0.3 is 15.2 Å². The molecule has 2 N–H and O–H groups in total. The molecule has 15 heavy (non-hydrogen) atoms. The topological polar surface area (TPSA) is 44.5 Å². The molecule has 1 aromatic carbocycles. The summed E-state index contributed by atoms with van der Waals surface area (Å²) < 4.78 is 10.8. The van der Waals surface area contributed by atoms with E-state index in [-0.39, 0.29) is 6.10 Å². The molecule has 1 aromatic rings. The number of methoxy groups -OCH3 is 1. The van der Waals surface area contributed by atoms with E-state index in [2.05, 4.69) is 19.9 Å². The van der Waals surface area contributed by atoms with Crippen molar-refractivity contribution in [2.75, 3.05) is 20.3 Å². The number of hydrogen-bond donors (Lipinski definition) is 1. The maximum Gasteiger partial charge on any atom is 0.122 e. The minimum Gasteiger partial charge on any atom is -0.491 e. The predicted octanol–water partition coefficient (Wildman–Crippen LogP) is 1.66. The van der Waals surface area contributed by atoms with Crippen molar-refractivity contribution in [3.05, 3.63) is 29.3 Å². The lowest BCUT2D eigenvalue weighted by molar-refractivity contribution is 0.0641. The Kier molecular flexibility index (Phi) is 4.59. The van der Waals surface area contributed by atoms with E-state index in [4.69, 9.17) is 15.2 Å². The maximum atomic E-state index is 5.66. The van der Waals surface area contributed by atoms with Crippen molar-refractivity contribution in [2.24, 2.45) is 5.73 Å². The van der Waals surface area contributed by atoms with Gasteiger partial charge in [-0.25, -0.2) is 0 Å². The first-order valence-electron chi connectivity index (χ1n) is 5.11. The van der Waals surface area contributed by atoms with Crippen molar-refractivity contribution in [3.8, 4) is 5.75 Å². The quantitative estimate of drug-likeness (QED) is 0.802. The first-order valence-corrected chi connectivity index (χ1v) is 5.11. The second kappa shape index (κ2) is 5.73. The Hall–Kier alpha value is -1.06. The smallest absolute Gasteiger partial charge is 0.122 e. The normalized spacial score (nSPS) is 12.5. The van der Waals surface area contributed by atoms with Gasteiger partial charge in [0, 0.05) is 13.7 Å². The Labute approximate surface area is 91.2 Å². The third-order valence-electron chi connectivity index (χ3n) is 2.58. The summed E-state index contributed by atoms with van der Waals surface area (Å²) in [7, 11) is 1.64. The van der Waals surface area contributed by atoms with Gasteiger partial charge in [0.25, 0.3) is 0 Å². The van der Waals surface area contributed by atoms with E-state index < -0.39 is 0 Å². The number of aryl methyl sites for hydroxylation is 1. The Morgan fingerprint density at radius 2 is 2.07 bits per heavy atom. The van der Waals surface area contributed by atoms with Gasteiger partial charge in [-0.1, -0.05) is 12.1 Å². The zero-order valence-electron chi connectivity index (χ0n) is 9.62. The first-order chi connectivity index (χ1) is 7.19. The highest BCUT2D eigenvalue weighted by atomic mass is 16.5. The van der Waals surface area contributed by atoms with Crippen LogP contribution in [0.1, 0.15) is 11.1 Å². The molecule has 1 unspecified atom stereocenters. The molecule has 0 heterocycles. The Morgan fingerprint density at radius 1 is 1.33 bits per heavy atom. The molecule has 0 aromatic heterocycles. The van der Waals surface area contributed by atoms with Gasteiger partial charge in [-0.2, -0.15) is 0 Å². The molecule has 0 aliphatic heterocycles. The van der Waals surface area contributed by atoms with Crippen molar-refractivity contribution in [1.29, 1.82) is 0 Å². The average molecular weight is 209 g/mol. The summed E-state index contributed by atoms with van der Waals surface area (Å²) in [6, 6.07) is 6.02. The second-order valence-electron chi connectivity index (χ2n) is 3.60. The molecule has 0 fully saturated rings. The van der Waals surface area contributed by atoms with Gasteiger partial charge >= 0.3 is 0 Å². The predicted molar refractivity (Wildman–Crippen MR) is 61.3 cm³/mol. The van der Waals surface area contributed by atoms with E-state index in [1.54, 1.807) is 7.11 Å². The second-order valence-corrected chi connectivity index (χ2v) is 3.60. The Bertz CT molecular complexity index is 308. The molecule has 0 saturated carbocycles. The highest BCUT2D eigenvalue weighted by Crippen LogP contribution is 2.20. The van der Waals surface area contributed by atoms with Crippen LogP contribution in [-0.2, 0) is 4.74 Å². The zero-order valence-corrected chi connectivity index (χ0v) is 9.62. The monoisotopic (exact) mass is 209 g/mol. The number of hydrogen-bond acceptors (Lipinski definition) is 3. The molecule has 0 amide bonds. The van der Waals surface area contributed by atoms with Gasteiger partial charge in [-0.15, -0.1) is 0 Å². The average Bonchev–Trinajstić information content (AvgIpc) is 2.25. The fraction of sp³-hybridized carbons (Fsp3) is 0.500. The number of nitrogens with two attached hydrogens (primary N) is 1. The maximum absolute atomic E-state index is 5.66. The Balaban J connectivity index is 2.61. The van der Waals surface area contributed by atoms with Crippen LogP contribution in [0.5, 0.6) is 5.75 Å². The summed E-state index contributed by atoms with van der Waals surface area (Å²) >= 11 is 0. The summed E-state index contributed by atoms with van der Waals surface area (Å²) in [6.45, 7) is 5.09. The van der Waals surface area contributed by atoms with Crippen LogP contribution in [0.2, 0.25) is 0 Å². The van der Waals surface area contributed by atoms with Gasteiger partial charge in [0.1, 0.15) is 18.5 Å². The molecule has 3 heteroatoms. The minimum atomic E-state index is -0.0371. The molecule has 0 spiro atoms. The summed E-state index contributed by atoms with van der Waals surface area (Å²) in [4.78, 5) is 0. The van der Waals surface area contributed by atoms with E-state index in [0.717, 1.165) is 5.75 Å². The standard InChI is InChI=1S/C12H19NO2/c1-9-5-4-6-12(10(9)2)15-8-11(7-13)14-3/h4-6,11H,7-8,13H2,1-3H3. The largest absolute Gasteiger partial charge is 0.491 e. The van der Waals surface area contributed by atoms with E-state index in [9.17, 15) is 0 Å². The third-order valence-corrected chi connectivity index (χ3v) is 2.58. The number of ether oxygens (including phenoxy) is 2. The van der Waals surface area contributed by atoms with Gasteiger partial charge in [-0.3, -0.25) is 0 Å². The van der Waals surface area contributed by atoms with E-state index in [1.807, 2.05) is 12.1 Å². The van der Waals surface area contributed by atoms with E-state index in [0.29, 0.717) is 13.2 Å². The van der Waals surface area contributed by atoms with Crippen molar-refractivity contribution in [1.82, 2.24) is 0 Å². The molecule has 0 saturated heterocycles. The highest BCUT2D eigenvalue weighted by molar-refractivity contribution is 5.38. The Morgan fingerprint density at radius 3 is 2.67 bits per heavy atom. The fourth-order valence-electron chi connectivity index (χ4n) is 1.30. The summed E-state index contributed by atoms with van der Waals surface area (Å²) in [5.41, 5.74) is 7.91. The van der Waals surface area contributed by atoms with Crippen LogP contribution in [-0.4, -0.2) is 26.4 Å². The van der Waals surface area contributed by atoms with E-state index in [1.165, 1.54) is 11.1 Å². The molecule has 0 radical (unpaired) electrons. The summed E-state index contributed by atoms with van der Waals surface area (Å²) in [6.07, 6.45) is -0.0371. The van der Waals surface area contributed by atoms with Crippen LogP contribution in [0.15, 0.2) is 18.2 Å². The van der Waals surface area contributed by atoms with Crippen LogP contribution in [0.25, 0.3) is 0 Å². The van der Waals surface area contributed by atoms with Crippen LogP contribution < -0.4 is 10.5 Å². The minimum absolute atomic E-state index is 0.0371. The lowest BCUT2D eigenvalue weighted by Gasteiger charge is -2.16. The van der Waals surface area contributed by atoms with Gasteiger partial charge in [0.2, 0.25) is 0 Å². The lowest BCUT2D eigenvalue weighted by atomic mass is 10.1. The van der Waals surface area contributed by atoms with Gasteiger partial charge in [0.05, 0.1) is 0 Å². The van der Waals surface area contributed by atoms with Gasteiger partial charge in [0.15, 0.2) is 0 Å². The molecular formula is C12H19NO2. The van der Waals surface area contributed by atoms with E-state index >= 15 is 0 Å². The van der Waals surface area contributed by atoms with Gasteiger partial charge in [-0.05, 0) is 31.0 Å². The fourth-order valence-corrected chi connectivity index (χ4v) is 1.30. The summed E-state index contributed by atoms with van der Waals surface area (Å²) in [5, 5.41) is 0. The lowest BCUT2D eigenvalue weighted by Crippen LogP contribution is -2.29. The molecule has 0 aliphatic carbocycles. The van der Waals surface area contributed by atoms with Crippen LogP contribution in [0.4, 0.5) is 0 Å². The molecule has 84 valence electrons. The highest BCUT2D eigenvalue weighted by Gasteiger charge is 2.07. The van der Waals surface area contributed by atoms with Crippen molar-refractivity contribution >= 4 is 0 Å². The van der Waals surface area contributed by atoms with Crippen LogP contribution in [0, 0.1) is 13.8 Å². The number of benzene rings is 1. The molecule has 1 atom stereocenters. The molecular weight excluding hydrogens is 190 g/mol. The molecule has 0 bridgehead atoms. The molecule has 1 rings (SSSR count). The van der Waals surface area contributed by atoms with Crippen LogP contribution >= 0.6 is 0 Å². The third kappa shape index (κ3) is 3.22. The molecule has 3 nitrogen and oxygen atoms in total. The van der Waals surface area contributed by atoms with Crippen molar-refractivity contribution in [3.63, 3.8) is 0 Å².